The Morgan fingerprint density at radius 2 is 1.50 bits per heavy atom. The molecule has 0 aliphatic carbocycles. The van der Waals surface area contributed by atoms with Crippen molar-refractivity contribution in [2.24, 2.45) is 0 Å². The Labute approximate surface area is 143 Å². The molecule has 2 rings (SSSR count). The second-order valence-electron chi connectivity index (χ2n) is 7.03. The molecule has 0 aliphatic rings. The SMILES string of the molecule is CN(C)C(=O)c1ccccc1NC(=O)c1ccc(C(C)(C)C)cc1. The van der Waals surface area contributed by atoms with Crippen LogP contribution in [0.25, 0.3) is 0 Å². The summed E-state index contributed by atoms with van der Waals surface area (Å²) in [6.07, 6.45) is 0. The van der Waals surface area contributed by atoms with Crippen molar-refractivity contribution in [1.29, 1.82) is 0 Å². The van der Waals surface area contributed by atoms with Crippen LogP contribution in [0, 0.1) is 0 Å². The zero-order chi connectivity index (χ0) is 17.9. The van der Waals surface area contributed by atoms with Gasteiger partial charge in [-0.1, -0.05) is 45.0 Å². The van der Waals surface area contributed by atoms with Gasteiger partial charge in [-0.15, -0.1) is 0 Å². The van der Waals surface area contributed by atoms with Crippen LogP contribution in [0.1, 0.15) is 47.1 Å². The monoisotopic (exact) mass is 324 g/mol. The fraction of sp³-hybridized carbons (Fsp3) is 0.300. The molecule has 4 heteroatoms. The van der Waals surface area contributed by atoms with Crippen LogP contribution in [0.15, 0.2) is 48.5 Å². The van der Waals surface area contributed by atoms with E-state index in [1.807, 2.05) is 24.3 Å². The quantitative estimate of drug-likeness (QED) is 0.929. The highest BCUT2D eigenvalue weighted by Gasteiger charge is 2.17. The van der Waals surface area contributed by atoms with E-state index in [-0.39, 0.29) is 17.2 Å². The molecule has 1 N–H and O–H groups in total. The predicted molar refractivity (Wildman–Crippen MR) is 97.6 cm³/mol. The fourth-order valence-electron chi connectivity index (χ4n) is 2.34. The van der Waals surface area contributed by atoms with Gasteiger partial charge in [0.2, 0.25) is 0 Å². The lowest BCUT2D eigenvalue weighted by Crippen LogP contribution is -2.24. The number of hydrogen-bond donors (Lipinski definition) is 1. The van der Waals surface area contributed by atoms with Crippen LogP contribution >= 0.6 is 0 Å². The Balaban J connectivity index is 2.23. The third kappa shape index (κ3) is 4.02. The summed E-state index contributed by atoms with van der Waals surface area (Å²) in [4.78, 5) is 26.2. The average Bonchev–Trinajstić information content (AvgIpc) is 2.54. The number of hydrogen-bond acceptors (Lipinski definition) is 2. The van der Waals surface area contributed by atoms with Gasteiger partial charge in [0.15, 0.2) is 0 Å². The summed E-state index contributed by atoms with van der Waals surface area (Å²) in [7, 11) is 3.37. The van der Waals surface area contributed by atoms with Gasteiger partial charge in [-0.05, 0) is 35.2 Å². The molecule has 0 spiro atoms. The molecule has 0 atom stereocenters. The Morgan fingerprint density at radius 3 is 2.04 bits per heavy atom. The standard InChI is InChI=1S/C20H24N2O2/c1-20(2,3)15-12-10-14(11-13-15)18(23)21-17-9-7-6-8-16(17)19(24)22(4)5/h6-13H,1-5H3,(H,21,23). The normalized spacial score (nSPS) is 11.0. The zero-order valence-electron chi connectivity index (χ0n) is 14.9. The van der Waals surface area contributed by atoms with E-state index in [1.54, 1.807) is 38.4 Å². The third-order valence-corrected chi connectivity index (χ3v) is 3.82. The number of nitrogens with zero attached hydrogens (tertiary/aromatic N) is 1. The average molecular weight is 324 g/mol. The largest absolute Gasteiger partial charge is 0.345 e. The van der Waals surface area contributed by atoms with Gasteiger partial charge in [0.25, 0.3) is 11.8 Å². The molecule has 24 heavy (non-hydrogen) atoms. The highest BCUT2D eigenvalue weighted by atomic mass is 16.2. The van der Waals surface area contributed by atoms with Gasteiger partial charge in [-0.25, -0.2) is 0 Å². The fourth-order valence-corrected chi connectivity index (χ4v) is 2.34. The van der Waals surface area contributed by atoms with Crippen molar-refractivity contribution < 1.29 is 9.59 Å². The van der Waals surface area contributed by atoms with Crippen LogP contribution < -0.4 is 5.32 Å². The molecule has 0 heterocycles. The first-order valence-corrected chi connectivity index (χ1v) is 7.92. The van der Waals surface area contributed by atoms with E-state index < -0.39 is 0 Å². The molecule has 0 bridgehead atoms. The summed E-state index contributed by atoms with van der Waals surface area (Å²) in [6, 6.07) is 14.6. The predicted octanol–water partition coefficient (Wildman–Crippen LogP) is 3.94. The number of amides is 2. The molecule has 0 radical (unpaired) electrons. The lowest BCUT2D eigenvalue weighted by Gasteiger charge is -2.19. The highest BCUT2D eigenvalue weighted by Crippen LogP contribution is 2.23. The molecule has 0 saturated heterocycles. The van der Waals surface area contributed by atoms with E-state index in [0.717, 1.165) is 0 Å². The van der Waals surface area contributed by atoms with E-state index in [9.17, 15) is 9.59 Å². The lowest BCUT2D eigenvalue weighted by atomic mass is 9.86. The van der Waals surface area contributed by atoms with Crippen LogP contribution in [0.4, 0.5) is 5.69 Å². The van der Waals surface area contributed by atoms with Crippen molar-refractivity contribution in [2.45, 2.75) is 26.2 Å². The summed E-state index contributed by atoms with van der Waals surface area (Å²) in [5, 5.41) is 2.83. The van der Waals surface area contributed by atoms with Crippen molar-refractivity contribution in [2.75, 3.05) is 19.4 Å². The second kappa shape index (κ2) is 6.87. The first-order chi connectivity index (χ1) is 11.2. The zero-order valence-corrected chi connectivity index (χ0v) is 14.9. The van der Waals surface area contributed by atoms with Crippen molar-refractivity contribution in [3.05, 3.63) is 65.2 Å². The number of carbonyl (C=O) groups is 2. The summed E-state index contributed by atoms with van der Waals surface area (Å²) in [5.74, 6) is -0.372. The molecule has 4 nitrogen and oxygen atoms in total. The molecule has 2 aromatic rings. The number of rotatable bonds is 3. The molecule has 0 unspecified atom stereocenters. The molecule has 0 fully saturated rings. The van der Waals surface area contributed by atoms with Gasteiger partial charge in [-0.2, -0.15) is 0 Å². The van der Waals surface area contributed by atoms with Gasteiger partial charge in [0.05, 0.1) is 11.3 Å². The summed E-state index contributed by atoms with van der Waals surface area (Å²) >= 11 is 0. The van der Waals surface area contributed by atoms with E-state index >= 15 is 0 Å². The molecular formula is C20H24N2O2. The van der Waals surface area contributed by atoms with Crippen LogP contribution in [0.2, 0.25) is 0 Å². The maximum Gasteiger partial charge on any atom is 0.255 e. The molecule has 0 aliphatic heterocycles. The number of anilines is 1. The first-order valence-electron chi connectivity index (χ1n) is 7.92. The van der Waals surface area contributed by atoms with Crippen LogP contribution in [0.3, 0.4) is 0 Å². The Bertz CT molecular complexity index is 741. The number of carbonyl (C=O) groups excluding carboxylic acids is 2. The number of para-hydroxylation sites is 1. The van der Waals surface area contributed by atoms with Gasteiger partial charge < -0.3 is 10.2 Å². The lowest BCUT2D eigenvalue weighted by molar-refractivity contribution is 0.0828. The minimum absolute atomic E-state index is 0.0414. The van der Waals surface area contributed by atoms with E-state index in [2.05, 4.69) is 26.1 Å². The molecule has 0 saturated carbocycles. The van der Waals surface area contributed by atoms with Crippen molar-refractivity contribution in [3.63, 3.8) is 0 Å². The molecule has 126 valence electrons. The van der Waals surface area contributed by atoms with Gasteiger partial charge in [0, 0.05) is 19.7 Å². The van der Waals surface area contributed by atoms with Crippen LogP contribution in [-0.4, -0.2) is 30.8 Å². The summed E-state index contributed by atoms with van der Waals surface area (Å²) < 4.78 is 0. The Hall–Kier alpha value is -2.62. The van der Waals surface area contributed by atoms with E-state index in [4.69, 9.17) is 0 Å². The number of nitrogens with one attached hydrogen (secondary N) is 1. The Morgan fingerprint density at radius 1 is 0.917 bits per heavy atom. The minimum Gasteiger partial charge on any atom is -0.345 e. The van der Waals surface area contributed by atoms with Crippen molar-refractivity contribution >= 4 is 17.5 Å². The first kappa shape index (κ1) is 17.7. The molecule has 2 aromatic carbocycles. The minimum atomic E-state index is -0.227. The van der Waals surface area contributed by atoms with Crippen LogP contribution in [-0.2, 0) is 5.41 Å². The molecule has 2 amide bonds. The third-order valence-electron chi connectivity index (χ3n) is 3.82. The van der Waals surface area contributed by atoms with Crippen LogP contribution in [0.5, 0.6) is 0 Å². The second-order valence-corrected chi connectivity index (χ2v) is 7.03. The van der Waals surface area contributed by atoms with Crippen molar-refractivity contribution in [1.82, 2.24) is 4.90 Å². The summed E-state index contributed by atoms with van der Waals surface area (Å²) in [5.41, 5.74) is 2.76. The van der Waals surface area contributed by atoms with Gasteiger partial charge in [-0.3, -0.25) is 9.59 Å². The molecule has 0 aromatic heterocycles. The Kier molecular flexibility index (Phi) is 5.07. The molecular weight excluding hydrogens is 300 g/mol. The maximum absolute atomic E-state index is 12.5. The van der Waals surface area contributed by atoms with E-state index in [0.29, 0.717) is 16.8 Å². The highest BCUT2D eigenvalue weighted by molar-refractivity contribution is 6.08. The summed E-state index contributed by atoms with van der Waals surface area (Å²) in [6.45, 7) is 6.39. The maximum atomic E-state index is 12.5. The van der Waals surface area contributed by atoms with Gasteiger partial charge >= 0.3 is 0 Å². The van der Waals surface area contributed by atoms with Crippen molar-refractivity contribution in [3.8, 4) is 0 Å². The van der Waals surface area contributed by atoms with E-state index in [1.165, 1.54) is 10.5 Å². The smallest absolute Gasteiger partial charge is 0.255 e. The van der Waals surface area contributed by atoms with Gasteiger partial charge in [0.1, 0.15) is 0 Å². The topological polar surface area (TPSA) is 49.4 Å². The number of benzene rings is 2.